The van der Waals surface area contributed by atoms with Gasteiger partial charge in [0.25, 0.3) is 0 Å². The molecule has 7 nitrogen and oxygen atoms in total. The molecule has 2 heterocycles. The van der Waals surface area contributed by atoms with Crippen LogP contribution in [0.2, 0.25) is 0 Å². The highest BCUT2D eigenvalue weighted by Crippen LogP contribution is 2.13. The zero-order chi connectivity index (χ0) is 15.5. The Labute approximate surface area is 149 Å². The van der Waals surface area contributed by atoms with Gasteiger partial charge in [0.1, 0.15) is 4.90 Å². The lowest BCUT2D eigenvalue weighted by atomic mass is 10.2. The van der Waals surface area contributed by atoms with Crippen molar-refractivity contribution in [2.45, 2.75) is 17.9 Å². The summed E-state index contributed by atoms with van der Waals surface area (Å²) in [5.74, 6) is -0.182. The van der Waals surface area contributed by atoms with Crippen molar-refractivity contribution >= 4 is 40.7 Å². The third-order valence-corrected chi connectivity index (χ3v) is 5.31. The first kappa shape index (κ1) is 22.1. The fraction of sp³-hybridized carbons (Fsp3) is 0.538. The van der Waals surface area contributed by atoms with Gasteiger partial charge in [-0.15, -0.1) is 24.8 Å². The summed E-state index contributed by atoms with van der Waals surface area (Å²) in [6.45, 7) is 3.84. The van der Waals surface area contributed by atoms with Crippen LogP contribution in [0.3, 0.4) is 0 Å². The van der Waals surface area contributed by atoms with Gasteiger partial charge >= 0.3 is 0 Å². The van der Waals surface area contributed by atoms with Crippen LogP contribution in [0.25, 0.3) is 0 Å². The fourth-order valence-electron chi connectivity index (χ4n) is 2.26. The molecule has 0 aliphatic carbocycles. The molecule has 0 radical (unpaired) electrons. The van der Waals surface area contributed by atoms with Crippen molar-refractivity contribution in [3.05, 3.63) is 24.5 Å². The van der Waals surface area contributed by atoms with Crippen LogP contribution in [0, 0.1) is 0 Å². The quantitative estimate of drug-likeness (QED) is 0.810. The standard InChI is InChI=1S/C13H20N4O3S.2ClH/c1-11-8-15-6-7-17(11)13(18)10-16(2)21(19,20)12-4-3-5-14-9-12;;/h3-5,9,11,15H,6-8,10H2,1-2H3;2*1H. The predicted molar refractivity (Wildman–Crippen MR) is 92.6 cm³/mol. The number of piperazine rings is 1. The van der Waals surface area contributed by atoms with Gasteiger partial charge in [0.2, 0.25) is 15.9 Å². The molecule has 1 atom stereocenters. The van der Waals surface area contributed by atoms with Crippen LogP contribution in [0.15, 0.2) is 29.4 Å². The Kier molecular flexibility index (Phi) is 9.01. The van der Waals surface area contributed by atoms with E-state index >= 15 is 0 Å². The van der Waals surface area contributed by atoms with E-state index in [-0.39, 0.29) is 48.2 Å². The molecule has 1 amide bonds. The molecule has 0 spiro atoms. The van der Waals surface area contributed by atoms with E-state index in [1.54, 1.807) is 11.0 Å². The fourth-order valence-corrected chi connectivity index (χ4v) is 3.34. The van der Waals surface area contributed by atoms with Crippen molar-refractivity contribution in [1.82, 2.24) is 19.5 Å². The van der Waals surface area contributed by atoms with Gasteiger partial charge in [-0.3, -0.25) is 9.78 Å². The third kappa shape index (κ3) is 5.29. The first-order chi connectivity index (χ1) is 9.93. The van der Waals surface area contributed by atoms with Crippen LogP contribution in [0.5, 0.6) is 0 Å². The number of hydrogen-bond acceptors (Lipinski definition) is 5. The van der Waals surface area contributed by atoms with E-state index in [1.165, 1.54) is 25.5 Å². The second kappa shape index (κ2) is 9.39. The molecule has 132 valence electrons. The Balaban J connectivity index is 0.00000242. The molecule has 10 heteroatoms. The molecule has 0 saturated carbocycles. The average Bonchev–Trinajstić information content (AvgIpc) is 2.48. The number of hydrogen-bond donors (Lipinski definition) is 1. The van der Waals surface area contributed by atoms with Crippen LogP contribution in [0.1, 0.15) is 6.92 Å². The van der Waals surface area contributed by atoms with Crippen LogP contribution in [-0.4, -0.2) is 67.8 Å². The van der Waals surface area contributed by atoms with Gasteiger partial charge in [-0.05, 0) is 19.1 Å². The number of likely N-dealkylation sites (N-methyl/N-ethyl adjacent to an activating group) is 1. The number of halogens is 2. The number of sulfonamides is 1. The van der Waals surface area contributed by atoms with Gasteiger partial charge in [0.05, 0.1) is 6.54 Å². The minimum absolute atomic E-state index is 0. The van der Waals surface area contributed by atoms with Gasteiger partial charge in [0, 0.05) is 45.1 Å². The first-order valence-corrected chi connectivity index (χ1v) is 8.23. The summed E-state index contributed by atoms with van der Waals surface area (Å²) in [4.78, 5) is 17.9. The summed E-state index contributed by atoms with van der Waals surface area (Å²) in [5, 5.41) is 3.19. The molecular weight excluding hydrogens is 363 g/mol. The maximum Gasteiger partial charge on any atom is 0.244 e. The SMILES string of the molecule is CC1CNCCN1C(=O)CN(C)S(=O)(=O)c1cccnc1.Cl.Cl. The molecule has 1 aromatic rings. The third-order valence-electron chi connectivity index (χ3n) is 3.52. The highest BCUT2D eigenvalue weighted by atomic mass is 35.5. The van der Waals surface area contributed by atoms with Crippen LogP contribution in [0.4, 0.5) is 0 Å². The first-order valence-electron chi connectivity index (χ1n) is 6.79. The largest absolute Gasteiger partial charge is 0.336 e. The Hall–Kier alpha value is -0.930. The Morgan fingerprint density at radius 2 is 2.17 bits per heavy atom. The van der Waals surface area contributed by atoms with E-state index in [2.05, 4.69) is 10.3 Å². The monoisotopic (exact) mass is 384 g/mol. The Bertz CT molecular complexity index is 600. The summed E-state index contributed by atoms with van der Waals surface area (Å²) >= 11 is 0. The molecule has 1 N–H and O–H groups in total. The van der Waals surface area contributed by atoms with Crippen molar-refractivity contribution in [2.24, 2.45) is 0 Å². The van der Waals surface area contributed by atoms with Gasteiger partial charge in [-0.1, -0.05) is 0 Å². The number of carbonyl (C=O) groups excluding carboxylic acids is 1. The molecule has 2 rings (SSSR count). The minimum Gasteiger partial charge on any atom is -0.336 e. The van der Waals surface area contributed by atoms with Crippen LogP contribution < -0.4 is 5.32 Å². The summed E-state index contributed by atoms with van der Waals surface area (Å²) < 4.78 is 25.7. The highest BCUT2D eigenvalue weighted by Gasteiger charge is 2.28. The summed E-state index contributed by atoms with van der Waals surface area (Å²) in [6, 6.07) is 3.10. The maximum absolute atomic E-state index is 12.3. The van der Waals surface area contributed by atoms with Gasteiger partial charge < -0.3 is 10.2 Å². The van der Waals surface area contributed by atoms with E-state index in [0.29, 0.717) is 6.54 Å². The van der Waals surface area contributed by atoms with E-state index < -0.39 is 10.0 Å². The van der Waals surface area contributed by atoms with E-state index in [1.807, 2.05) is 6.92 Å². The lowest BCUT2D eigenvalue weighted by molar-refractivity contribution is -0.133. The average molecular weight is 385 g/mol. The highest BCUT2D eigenvalue weighted by molar-refractivity contribution is 7.89. The number of aromatic nitrogens is 1. The molecule has 1 aliphatic heterocycles. The Morgan fingerprint density at radius 1 is 1.48 bits per heavy atom. The van der Waals surface area contributed by atoms with Gasteiger partial charge in [-0.2, -0.15) is 4.31 Å². The number of pyridine rings is 1. The van der Waals surface area contributed by atoms with Crippen molar-refractivity contribution < 1.29 is 13.2 Å². The number of amides is 1. The zero-order valence-corrected chi connectivity index (χ0v) is 15.5. The molecule has 23 heavy (non-hydrogen) atoms. The summed E-state index contributed by atoms with van der Waals surface area (Å²) in [6.07, 6.45) is 2.79. The molecule has 1 saturated heterocycles. The number of rotatable bonds is 4. The molecule has 1 aromatic heterocycles. The normalized spacial score (nSPS) is 18.0. The minimum atomic E-state index is -3.68. The van der Waals surface area contributed by atoms with Gasteiger partial charge in [-0.25, -0.2) is 8.42 Å². The van der Waals surface area contributed by atoms with E-state index in [0.717, 1.165) is 17.4 Å². The molecule has 1 aliphatic rings. The summed E-state index contributed by atoms with van der Waals surface area (Å²) in [5.41, 5.74) is 0. The zero-order valence-electron chi connectivity index (χ0n) is 13.0. The van der Waals surface area contributed by atoms with Crippen molar-refractivity contribution in [1.29, 1.82) is 0 Å². The molecular formula is C13H22Cl2N4O3S. The number of nitrogens with zero attached hydrogens (tertiary/aromatic N) is 3. The lowest BCUT2D eigenvalue weighted by Crippen LogP contribution is -2.54. The van der Waals surface area contributed by atoms with Crippen LogP contribution in [-0.2, 0) is 14.8 Å². The molecule has 1 unspecified atom stereocenters. The number of carbonyl (C=O) groups is 1. The molecule has 0 bridgehead atoms. The Morgan fingerprint density at radius 3 is 2.74 bits per heavy atom. The predicted octanol–water partition coefficient (Wildman–Crippen LogP) is 0.366. The molecule has 1 fully saturated rings. The maximum atomic E-state index is 12.3. The van der Waals surface area contributed by atoms with E-state index in [4.69, 9.17) is 0 Å². The van der Waals surface area contributed by atoms with Crippen LogP contribution >= 0.6 is 24.8 Å². The number of nitrogens with one attached hydrogen (secondary N) is 1. The van der Waals surface area contributed by atoms with Gasteiger partial charge in [0.15, 0.2) is 0 Å². The van der Waals surface area contributed by atoms with E-state index in [9.17, 15) is 13.2 Å². The smallest absolute Gasteiger partial charge is 0.244 e. The second-order valence-electron chi connectivity index (χ2n) is 5.09. The van der Waals surface area contributed by atoms with Crippen molar-refractivity contribution in [3.63, 3.8) is 0 Å². The summed E-state index contributed by atoms with van der Waals surface area (Å²) in [7, 11) is -2.27. The van der Waals surface area contributed by atoms with Crippen molar-refractivity contribution in [3.8, 4) is 0 Å². The topological polar surface area (TPSA) is 82.6 Å². The molecule has 0 aromatic carbocycles. The van der Waals surface area contributed by atoms with Crippen molar-refractivity contribution in [2.75, 3.05) is 33.2 Å². The lowest BCUT2D eigenvalue weighted by Gasteiger charge is -2.34. The second-order valence-corrected chi connectivity index (χ2v) is 7.13.